The summed E-state index contributed by atoms with van der Waals surface area (Å²) in [6.45, 7) is 9.60. The number of ether oxygens (including phenoxy) is 1. The number of carboxylic acid groups (broad SMARTS) is 1. The average molecular weight is 482 g/mol. The maximum atomic E-state index is 10.8. The Morgan fingerprint density at radius 3 is 2.79 bits per heavy atom. The van der Waals surface area contributed by atoms with E-state index in [1.54, 1.807) is 29.3 Å². The largest absolute Gasteiger partial charge is 0.490 e. The number of aromatic nitrogens is 2. The number of anilines is 1. The predicted octanol–water partition coefficient (Wildman–Crippen LogP) is 5.31. The molecule has 0 amide bonds. The summed E-state index contributed by atoms with van der Waals surface area (Å²) in [4.78, 5) is 15.3. The molecule has 176 valence electrons. The van der Waals surface area contributed by atoms with E-state index in [0.717, 1.165) is 5.56 Å². The highest BCUT2D eigenvalue weighted by molar-refractivity contribution is 6.33. The predicted molar refractivity (Wildman–Crippen MR) is 129 cm³/mol. The first-order chi connectivity index (χ1) is 16.2. The maximum Gasteiger partial charge on any atom is 0.303 e. The second kappa shape index (κ2) is 10.8. The first kappa shape index (κ1) is 24.7. The Morgan fingerprint density at radius 2 is 2.15 bits per heavy atom. The van der Waals surface area contributed by atoms with E-state index in [1.165, 1.54) is 0 Å². The highest BCUT2D eigenvalue weighted by Crippen LogP contribution is 2.35. The van der Waals surface area contributed by atoms with Gasteiger partial charge < -0.3 is 14.4 Å². The van der Waals surface area contributed by atoms with Crippen molar-refractivity contribution in [3.63, 3.8) is 0 Å². The van der Waals surface area contributed by atoms with Crippen molar-refractivity contribution in [2.75, 3.05) is 11.6 Å². The molecule has 3 rings (SSSR count). The molecule has 2 aromatic carbocycles. The van der Waals surface area contributed by atoms with Gasteiger partial charge in [0.05, 0.1) is 22.4 Å². The number of nitriles is 1. The molecule has 1 aromatic heterocycles. The van der Waals surface area contributed by atoms with E-state index in [1.807, 2.05) is 26.8 Å². The summed E-state index contributed by atoms with van der Waals surface area (Å²) < 4.78 is 11.1. The molecule has 0 fully saturated rings. The highest BCUT2D eigenvalue weighted by Gasteiger charge is 2.18. The standard InChI is InChI=1S/C24H24ClN5O4/c1-14(2)33-21-8-7-16(11-17(21)13-26)24-28-23(29-34-24)18-10-15(3)20(12-19(18)25)30(27-4)9-5-6-22(31)32/h7-8,10-12,14H,4-6,9H2,1-3H3,(H,31,32). The van der Waals surface area contributed by atoms with Crippen LogP contribution in [-0.2, 0) is 4.79 Å². The quantitative estimate of drug-likeness (QED) is 0.305. The molecule has 0 radical (unpaired) electrons. The van der Waals surface area contributed by atoms with Gasteiger partial charge in [0.2, 0.25) is 5.82 Å². The molecule has 1 N–H and O–H groups in total. The van der Waals surface area contributed by atoms with Gasteiger partial charge in [-0.05, 0) is 63.1 Å². The molecular formula is C24H24ClN5O4. The molecule has 34 heavy (non-hydrogen) atoms. The van der Waals surface area contributed by atoms with E-state index >= 15 is 0 Å². The lowest BCUT2D eigenvalue weighted by Crippen LogP contribution is -2.19. The van der Waals surface area contributed by atoms with Crippen molar-refractivity contribution in [2.24, 2.45) is 5.10 Å². The average Bonchev–Trinajstić information content (AvgIpc) is 3.28. The Kier molecular flexibility index (Phi) is 7.87. The SMILES string of the molecule is C=NN(CCCC(=O)O)c1cc(Cl)c(-c2noc(-c3ccc(OC(C)C)c(C#N)c3)n2)cc1C. The number of hydrogen-bond donors (Lipinski definition) is 1. The lowest BCUT2D eigenvalue weighted by molar-refractivity contribution is -0.137. The summed E-state index contributed by atoms with van der Waals surface area (Å²) in [6.07, 6.45) is 0.374. The number of aryl methyl sites for hydroxylation is 1. The normalized spacial score (nSPS) is 10.7. The Labute approximate surface area is 202 Å². The van der Waals surface area contributed by atoms with Crippen LogP contribution in [0.1, 0.15) is 37.8 Å². The van der Waals surface area contributed by atoms with Gasteiger partial charge in [0, 0.05) is 30.8 Å². The summed E-state index contributed by atoms with van der Waals surface area (Å²) in [5.41, 5.74) is 3.04. The summed E-state index contributed by atoms with van der Waals surface area (Å²) in [5, 5.41) is 28.4. The van der Waals surface area contributed by atoms with E-state index in [0.29, 0.717) is 51.9 Å². The minimum atomic E-state index is -0.869. The van der Waals surface area contributed by atoms with Crippen LogP contribution in [-0.4, -0.2) is 40.6 Å². The van der Waals surface area contributed by atoms with E-state index in [2.05, 4.69) is 28.0 Å². The summed E-state index contributed by atoms with van der Waals surface area (Å²) >= 11 is 6.53. The molecule has 0 atom stereocenters. The van der Waals surface area contributed by atoms with Crippen molar-refractivity contribution in [1.29, 1.82) is 5.26 Å². The van der Waals surface area contributed by atoms with Crippen LogP contribution in [0.5, 0.6) is 5.75 Å². The Hall–Kier alpha value is -3.90. The zero-order valence-electron chi connectivity index (χ0n) is 19.1. The molecule has 0 unspecified atom stereocenters. The molecule has 0 aliphatic rings. The van der Waals surface area contributed by atoms with Crippen LogP contribution >= 0.6 is 11.6 Å². The van der Waals surface area contributed by atoms with E-state index in [-0.39, 0.29) is 18.4 Å². The molecule has 0 bridgehead atoms. The zero-order valence-corrected chi connectivity index (χ0v) is 19.8. The fourth-order valence-corrected chi connectivity index (χ4v) is 3.57. The molecule has 0 spiro atoms. The topological polar surface area (TPSA) is 125 Å². The van der Waals surface area contributed by atoms with Crippen molar-refractivity contribution in [2.45, 2.75) is 39.7 Å². The molecular weight excluding hydrogens is 458 g/mol. The van der Waals surface area contributed by atoms with E-state index < -0.39 is 5.97 Å². The van der Waals surface area contributed by atoms with Crippen LogP contribution < -0.4 is 9.75 Å². The fraction of sp³-hybridized carbons (Fsp3) is 0.292. The van der Waals surface area contributed by atoms with Crippen LogP contribution in [0.25, 0.3) is 22.8 Å². The van der Waals surface area contributed by atoms with Crippen molar-refractivity contribution in [1.82, 2.24) is 10.1 Å². The number of aliphatic carboxylic acids is 1. The summed E-state index contributed by atoms with van der Waals surface area (Å²) in [5.74, 6) is 0.146. The number of rotatable bonds is 10. The van der Waals surface area contributed by atoms with E-state index in [9.17, 15) is 10.1 Å². The molecule has 10 heteroatoms. The second-order valence-electron chi connectivity index (χ2n) is 7.79. The number of halogens is 1. The van der Waals surface area contributed by atoms with Crippen molar-refractivity contribution >= 4 is 30.0 Å². The number of benzene rings is 2. The Bertz CT molecular complexity index is 1250. The van der Waals surface area contributed by atoms with Crippen LogP contribution in [0.4, 0.5) is 5.69 Å². The Morgan fingerprint density at radius 1 is 1.38 bits per heavy atom. The third-order valence-corrected chi connectivity index (χ3v) is 5.18. The van der Waals surface area contributed by atoms with Crippen molar-refractivity contribution in [3.8, 4) is 34.7 Å². The van der Waals surface area contributed by atoms with Crippen LogP contribution in [0.2, 0.25) is 5.02 Å². The zero-order chi connectivity index (χ0) is 24.8. The number of hydrogen-bond acceptors (Lipinski definition) is 8. The molecule has 1 heterocycles. The lowest BCUT2D eigenvalue weighted by Gasteiger charge is -2.21. The summed E-state index contributed by atoms with van der Waals surface area (Å²) in [7, 11) is 0. The molecule has 0 saturated carbocycles. The van der Waals surface area contributed by atoms with Gasteiger partial charge in [0.15, 0.2) is 0 Å². The third-order valence-electron chi connectivity index (χ3n) is 4.87. The first-order valence-electron chi connectivity index (χ1n) is 10.5. The van der Waals surface area contributed by atoms with Gasteiger partial charge in [-0.2, -0.15) is 15.3 Å². The molecule has 0 aliphatic heterocycles. The van der Waals surface area contributed by atoms with Crippen LogP contribution in [0, 0.1) is 18.3 Å². The molecule has 3 aromatic rings. The Balaban J connectivity index is 1.88. The van der Waals surface area contributed by atoms with E-state index in [4.69, 9.17) is 26.0 Å². The lowest BCUT2D eigenvalue weighted by atomic mass is 10.1. The van der Waals surface area contributed by atoms with Crippen molar-refractivity contribution in [3.05, 3.63) is 46.5 Å². The first-order valence-corrected chi connectivity index (χ1v) is 10.9. The van der Waals surface area contributed by atoms with Gasteiger partial charge in [-0.1, -0.05) is 16.8 Å². The van der Waals surface area contributed by atoms with Crippen molar-refractivity contribution < 1.29 is 19.2 Å². The highest BCUT2D eigenvalue weighted by atomic mass is 35.5. The maximum absolute atomic E-state index is 10.8. The van der Waals surface area contributed by atoms with Gasteiger partial charge in [-0.25, -0.2) is 0 Å². The van der Waals surface area contributed by atoms with Gasteiger partial charge in [0.25, 0.3) is 5.89 Å². The molecule has 0 saturated heterocycles. The number of nitrogens with zero attached hydrogens (tertiary/aromatic N) is 5. The number of carbonyl (C=O) groups is 1. The van der Waals surface area contributed by atoms with Gasteiger partial charge in [-0.3, -0.25) is 9.80 Å². The monoisotopic (exact) mass is 481 g/mol. The fourth-order valence-electron chi connectivity index (χ4n) is 3.33. The van der Waals surface area contributed by atoms with Gasteiger partial charge >= 0.3 is 5.97 Å². The molecule has 0 aliphatic carbocycles. The smallest absolute Gasteiger partial charge is 0.303 e. The number of carboxylic acids is 1. The van der Waals surface area contributed by atoms with Crippen LogP contribution in [0.15, 0.2) is 40.0 Å². The minimum absolute atomic E-state index is 0.0284. The minimum Gasteiger partial charge on any atom is -0.490 e. The third kappa shape index (κ3) is 5.71. The number of hydrazone groups is 1. The van der Waals surface area contributed by atoms with Gasteiger partial charge in [-0.15, -0.1) is 0 Å². The summed E-state index contributed by atoms with van der Waals surface area (Å²) in [6, 6.07) is 10.7. The van der Waals surface area contributed by atoms with Crippen LogP contribution in [0.3, 0.4) is 0 Å². The van der Waals surface area contributed by atoms with Gasteiger partial charge in [0.1, 0.15) is 11.8 Å². The second-order valence-corrected chi connectivity index (χ2v) is 8.20. The molecule has 9 nitrogen and oxygen atoms in total.